The van der Waals surface area contributed by atoms with Crippen molar-refractivity contribution in [3.8, 4) is 5.75 Å². The molecule has 1 heterocycles. The molecule has 2 aliphatic rings. The molecule has 294 valence electrons. The number of benzene rings is 1. The predicted molar refractivity (Wildman–Crippen MR) is 198 cm³/mol. The molecule has 0 saturated heterocycles. The second kappa shape index (κ2) is 22.5. The van der Waals surface area contributed by atoms with Gasteiger partial charge < -0.3 is 54.0 Å². The van der Waals surface area contributed by atoms with Gasteiger partial charge in [-0.15, -0.1) is 0 Å². The molecule has 3 rings (SSSR count). The molecule has 1 aromatic rings. The number of unbranched alkanes of at least 4 members (excludes halogenated alkanes) is 2. The summed E-state index contributed by atoms with van der Waals surface area (Å²) in [6.07, 6.45) is 9.89. The molecule has 1 fully saturated rings. The van der Waals surface area contributed by atoms with Gasteiger partial charge in [-0.3, -0.25) is 24.0 Å². The van der Waals surface area contributed by atoms with Crippen molar-refractivity contribution >= 4 is 35.5 Å². The van der Waals surface area contributed by atoms with E-state index in [0.29, 0.717) is 44.3 Å². The first-order valence-electron chi connectivity index (χ1n) is 18.7. The number of carboxylic acids is 1. The number of hydrogen-bond donors (Lipinski definition) is 10. The molecule has 0 spiro atoms. The Labute approximate surface area is 310 Å². The number of nitrogens with two attached hydrogens (primary N) is 3. The van der Waals surface area contributed by atoms with Crippen LogP contribution in [0.5, 0.6) is 5.75 Å². The van der Waals surface area contributed by atoms with Crippen LogP contribution in [0.1, 0.15) is 89.0 Å². The lowest BCUT2D eigenvalue weighted by molar-refractivity contribution is -0.143. The van der Waals surface area contributed by atoms with Gasteiger partial charge in [0.05, 0.1) is 6.04 Å². The van der Waals surface area contributed by atoms with Gasteiger partial charge in [0, 0.05) is 6.42 Å². The lowest BCUT2D eigenvalue weighted by Crippen LogP contribution is -2.59. The molecule has 5 amide bonds. The molecule has 53 heavy (non-hydrogen) atoms. The minimum absolute atomic E-state index is 0.00250. The highest BCUT2D eigenvalue weighted by Gasteiger charge is 2.33. The summed E-state index contributed by atoms with van der Waals surface area (Å²) in [5, 5.41) is 33.2. The van der Waals surface area contributed by atoms with Crippen LogP contribution in [0.2, 0.25) is 0 Å². The zero-order chi connectivity index (χ0) is 38.8. The number of phenols is 1. The molecule has 1 unspecified atom stereocenters. The van der Waals surface area contributed by atoms with E-state index in [1.807, 2.05) is 0 Å². The number of nitrogens with one attached hydrogen (secondary N) is 5. The summed E-state index contributed by atoms with van der Waals surface area (Å²) >= 11 is 0. The highest BCUT2D eigenvalue weighted by molar-refractivity contribution is 5.96. The van der Waals surface area contributed by atoms with E-state index in [0.717, 1.165) is 25.7 Å². The first kappa shape index (κ1) is 42.9. The van der Waals surface area contributed by atoms with Gasteiger partial charge in [-0.2, -0.15) is 0 Å². The van der Waals surface area contributed by atoms with Crippen LogP contribution in [0.4, 0.5) is 0 Å². The van der Waals surface area contributed by atoms with Gasteiger partial charge in [0.15, 0.2) is 0 Å². The Morgan fingerprint density at radius 1 is 0.774 bits per heavy atom. The van der Waals surface area contributed by atoms with Gasteiger partial charge in [0.1, 0.15) is 36.0 Å². The van der Waals surface area contributed by atoms with Crippen LogP contribution in [0, 0.1) is 5.92 Å². The van der Waals surface area contributed by atoms with E-state index in [-0.39, 0.29) is 50.2 Å². The van der Waals surface area contributed by atoms with Gasteiger partial charge in [0.25, 0.3) is 0 Å². The summed E-state index contributed by atoms with van der Waals surface area (Å²) in [6.45, 7) is 0.764. The van der Waals surface area contributed by atoms with Gasteiger partial charge >= 0.3 is 5.97 Å². The van der Waals surface area contributed by atoms with Crippen LogP contribution in [0.15, 0.2) is 36.4 Å². The van der Waals surface area contributed by atoms with Gasteiger partial charge in [-0.05, 0) is 94.5 Å². The minimum Gasteiger partial charge on any atom is -0.508 e. The van der Waals surface area contributed by atoms with E-state index in [9.17, 15) is 39.0 Å². The van der Waals surface area contributed by atoms with E-state index in [2.05, 4.69) is 26.6 Å². The lowest BCUT2D eigenvalue weighted by atomic mass is 9.97. The predicted octanol–water partition coefficient (Wildman–Crippen LogP) is -0.0411. The minimum atomic E-state index is -1.25. The SMILES string of the molecule is NCCCC[C@@H]1NC(=O)[C@H](CCCCN)NC(=O)[C@@H](N)C/C=C/CC(C(=O)N[C@@H](Cc2ccc(O)cc2)C(=O)N[C@@H](CC2CCCC2)C(=O)O)NC1=O. The van der Waals surface area contributed by atoms with Crippen molar-refractivity contribution in [2.45, 2.75) is 126 Å². The van der Waals surface area contributed by atoms with Crippen molar-refractivity contribution in [2.75, 3.05) is 13.1 Å². The normalized spacial score (nSPS) is 23.4. The summed E-state index contributed by atoms with van der Waals surface area (Å²) in [6, 6.07) is -0.672. The van der Waals surface area contributed by atoms with Crippen molar-refractivity contribution in [1.82, 2.24) is 26.6 Å². The van der Waals surface area contributed by atoms with E-state index in [1.54, 1.807) is 24.3 Å². The highest BCUT2D eigenvalue weighted by atomic mass is 16.4. The molecule has 16 heteroatoms. The van der Waals surface area contributed by atoms with Crippen molar-refractivity contribution in [1.29, 1.82) is 0 Å². The van der Waals surface area contributed by atoms with Crippen LogP contribution in [0.3, 0.4) is 0 Å². The Morgan fingerprint density at radius 3 is 1.92 bits per heavy atom. The Balaban J connectivity index is 1.89. The monoisotopic (exact) mass is 742 g/mol. The van der Waals surface area contributed by atoms with Crippen molar-refractivity contribution in [2.24, 2.45) is 23.1 Å². The molecule has 1 saturated carbocycles. The Bertz CT molecular complexity index is 1400. The number of hydrogen-bond acceptors (Lipinski definition) is 10. The van der Waals surface area contributed by atoms with Crippen LogP contribution < -0.4 is 43.8 Å². The molecule has 6 atom stereocenters. The van der Waals surface area contributed by atoms with Crippen LogP contribution >= 0.6 is 0 Å². The van der Waals surface area contributed by atoms with Gasteiger partial charge in [0.2, 0.25) is 29.5 Å². The second-order valence-electron chi connectivity index (χ2n) is 14.0. The summed E-state index contributed by atoms with van der Waals surface area (Å²) in [7, 11) is 0. The molecule has 16 nitrogen and oxygen atoms in total. The smallest absolute Gasteiger partial charge is 0.326 e. The average molecular weight is 743 g/mol. The fourth-order valence-corrected chi connectivity index (χ4v) is 6.58. The Hall–Kier alpha value is -4.54. The number of carboxylic acid groups (broad SMARTS) is 1. The second-order valence-corrected chi connectivity index (χ2v) is 14.0. The summed E-state index contributed by atoms with van der Waals surface area (Å²) < 4.78 is 0. The van der Waals surface area contributed by atoms with Crippen molar-refractivity contribution < 1.29 is 39.0 Å². The highest BCUT2D eigenvalue weighted by Crippen LogP contribution is 2.28. The van der Waals surface area contributed by atoms with E-state index < -0.39 is 71.8 Å². The zero-order valence-electron chi connectivity index (χ0n) is 30.4. The molecule has 0 bridgehead atoms. The summed E-state index contributed by atoms with van der Waals surface area (Å²) in [4.78, 5) is 80.2. The van der Waals surface area contributed by atoms with Crippen molar-refractivity contribution in [3.63, 3.8) is 0 Å². The van der Waals surface area contributed by atoms with Gasteiger partial charge in [-0.1, -0.05) is 50.0 Å². The number of carbonyl (C=O) groups excluding carboxylic acids is 5. The molecule has 1 aromatic carbocycles. The van der Waals surface area contributed by atoms with Gasteiger partial charge in [-0.25, -0.2) is 4.79 Å². The third-order valence-electron chi connectivity index (χ3n) is 9.73. The Morgan fingerprint density at radius 2 is 1.34 bits per heavy atom. The largest absolute Gasteiger partial charge is 0.508 e. The maximum Gasteiger partial charge on any atom is 0.326 e. The number of aromatic hydroxyl groups is 1. The molecular formula is C37H58N8O8. The van der Waals surface area contributed by atoms with E-state index in [4.69, 9.17) is 17.2 Å². The first-order chi connectivity index (χ1) is 25.4. The number of rotatable bonds is 17. The van der Waals surface area contributed by atoms with E-state index >= 15 is 0 Å². The topological polar surface area (TPSA) is 281 Å². The molecular weight excluding hydrogens is 684 g/mol. The molecule has 1 aliphatic heterocycles. The quantitative estimate of drug-likeness (QED) is 0.0747. The number of aliphatic carboxylic acids is 1. The zero-order valence-corrected chi connectivity index (χ0v) is 30.4. The fraction of sp³-hybridized carbons (Fsp3) is 0.622. The lowest BCUT2D eigenvalue weighted by Gasteiger charge is -2.27. The maximum absolute atomic E-state index is 14.0. The standard InChI is InChI=1S/C37H58N8O8/c38-19-7-5-13-27-33(48)43-29(14-6-8-20-39)34(49)42-28(12-4-3-11-26(40)32(47)41-27)35(50)44-30(21-24-15-17-25(46)18-16-24)36(51)45-31(37(52)53)22-23-9-1-2-10-23/h3-4,15-18,23,26-31,46H,1-2,5-14,19-22,38-40H2,(H,41,47)(H,42,49)(H,43,48)(H,44,50)(H,45,51)(H,52,53)/b4-3+/t26-,27-,28?,29-,30-,31-/m0/s1. The first-order valence-corrected chi connectivity index (χ1v) is 18.7. The fourth-order valence-electron chi connectivity index (χ4n) is 6.58. The number of amides is 5. The third kappa shape index (κ3) is 14.8. The maximum atomic E-state index is 14.0. The molecule has 0 aromatic heterocycles. The van der Waals surface area contributed by atoms with Crippen LogP contribution in [-0.4, -0.2) is 95.1 Å². The van der Waals surface area contributed by atoms with E-state index in [1.165, 1.54) is 12.1 Å². The molecule has 0 radical (unpaired) electrons. The summed E-state index contributed by atoms with van der Waals surface area (Å²) in [5.74, 6) is -4.25. The number of carbonyl (C=O) groups is 6. The Kier molecular flexibility index (Phi) is 18.2. The van der Waals surface area contributed by atoms with Crippen LogP contribution in [0.25, 0.3) is 0 Å². The molecule has 13 N–H and O–H groups in total. The summed E-state index contributed by atoms with van der Waals surface area (Å²) in [5.41, 5.74) is 18.0. The number of phenolic OH excluding ortho intramolecular Hbond substituents is 1. The van der Waals surface area contributed by atoms with Crippen molar-refractivity contribution in [3.05, 3.63) is 42.0 Å². The average Bonchev–Trinajstić information content (AvgIpc) is 3.65. The van der Waals surface area contributed by atoms with Crippen LogP contribution in [-0.2, 0) is 35.2 Å². The molecule has 1 aliphatic carbocycles. The third-order valence-corrected chi connectivity index (χ3v) is 9.73.